The number of hydrogen-bond donors (Lipinski definition) is 1. The van der Waals surface area contributed by atoms with Crippen LogP contribution in [0.25, 0.3) is 0 Å². The third kappa shape index (κ3) is 4.87. The number of esters is 1. The minimum absolute atomic E-state index is 0.134. The van der Waals surface area contributed by atoms with E-state index >= 15 is 0 Å². The van der Waals surface area contributed by atoms with Gasteiger partial charge < -0.3 is 19.7 Å². The maximum absolute atomic E-state index is 12.4. The van der Waals surface area contributed by atoms with Crippen molar-refractivity contribution >= 4 is 17.7 Å². The molecule has 1 N–H and O–H groups in total. The summed E-state index contributed by atoms with van der Waals surface area (Å²) in [7, 11) is 1.28. The van der Waals surface area contributed by atoms with Gasteiger partial charge in [0.25, 0.3) is 11.8 Å². The number of amides is 1. The van der Waals surface area contributed by atoms with Crippen LogP contribution in [0.3, 0.4) is 0 Å². The quantitative estimate of drug-likeness (QED) is 0.727. The summed E-state index contributed by atoms with van der Waals surface area (Å²) in [6.45, 7) is 3.99. The van der Waals surface area contributed by atoms with Gasteiger partial charge in [-0.3, -0.25) is 4.79 Å². The minimum atomic E-state index is -0.759. The number of rotatable bonds is 7. The van der Waals surface area contributed by atoms with Crippen molar-refractivity contribution in [2.24, 2.45) is 5.92 Å². The Morgan fingerprint density at radius 2 is 1.96 bits per heavy atom. The van der Waals surface area contributed by atoms with Crippen LogP contribution in [0.4, 0.5) is 5.82 Å². The van der Waals surface area contributed by atoms with Crippen LogP contribution in [0, 0.1) is 5.92 Å². The molecule has 2 fully saturated rings. The highest BCUT2D eigenvalue weighted by Crippen LogP contribution is 2.30. The molecule has 2 aliphatic rings. The van der Waals surface area contributed by atoms with E-state index in [2.05, 4.69) is 24.9 Å². The van der Waals surface area contributed by atoms with Crippen molar-refractivity contribution in [2.45, 2.75) is 51.5 Å². The molecule has 1 aliphatic carbocycles. The predicted molar refractivity (Wildman–Crippen MR) is 99.9 cm³/mol. The van der Waals surface area contributed by atoms with Crippen molar-refractivity contribution in [3.63, 3.8) is 0 Å². The first-order valence-electron chi connectivity index (χ1n) is 9.72. The summed E-state index contributed by atoms with van der Waals surface area (Å²) in [5.74, 6) is 0.655. The maximum Gasteiger partial charge on any atom is 0.328 e. The van der Waals surface area contributed by atoms with Gasteiger partial charge >= 0.3 is 5.97 Å². The number of hydrogen-bond acceptors (Lipinski definition) is 7. The van der Waals surface area contributed by atoms with E-state index in [1.807, 2.05) is 0 Å². The first-order chi connectivity index (χ1) is 13.1. The minimum Gasteiger partial charge on any atom is -0.475 e. The number of carbonyl (C=O) groups excluding carboxylic acids is 2. The van der Waals surface area contributed by atoms with E-state index in [-0.39, 0.29) is 5.69 Å². The summed E-state index contributed by atoms with van der Waals surface area (Å²) in [4.78, 5) is 35.0. The first kappa shape index (κ1) is 19.4. The van der Waals surface area contributed by atoms with Gasteiger partial charge in [0.15, 0.2) is 11.5 Å². The van der Waals surface area contributed by atoms with Gasteiger partial charge in [-0.05, 0) is 38.5 Å². The fourth-order valence-corrected chi connectivity index (χ4v) is 3.60. The van der Waals surface area contributed by atoms with Crippen LogP contribution in [0.1, 0.15) is 55.9 Å². The van der Waals surface area contributed by atoms with Crippen LogP contribution in [-0.2, 0) is 9.53 Å². The molecule has 0 aromatic carbocycles. The molecule has 1 amide bonds. The highest BCUT2D eigenvalue weighted by molar-refractivity contribution is 5.95. The van der Waals surface area contributed by atoms with Gasteiger partial charge in [0, 0.05) is 13.1 Å². The van der Waals surface area contributed by atoms with Crippen molar-refractivity contribution in [1.29, 1.82) is 0 Å². The van der Waals surface area contributed by atoms with Gasteiger partial charge in [-0.2, -0.15) is 0 Å². The standard InChI is InChI=1S/C19H28N4O4/c1-13(19(25)26-2)21-17(24)15-11-20-16(23-9-5-6-10-23)18(22-15)27-12-14-7-3-4-8-14/h11,13-14H,3-10,12H2,1-2H3,(H,21,24). The lowest BCUT2D eigenvalue weighted by atomic mass is 10.1. The van der Waals surface area contributed by atoms with Crippen molar-refractivity contribution in [2.75, 3.05) is 31.7 Å². The van der Waals surface area contributed by atoms with Crippen LogP contribution in [0.15, 0.2) is 6.20 Å². The Balaban J connectivity index is 1.75. The number of nitrogens with one attached hydrogen (secondary N) is 1. The fraction of sp³-hybridized carbons (Fsp3) is 0.684. The lowest BCUT2D eigenvalue weighted by Gasteiger charge is -2.21. The largest absolute Gasteiger partial charge is 0.475 e. The van der Waals surface area contributed by atoms with E-state index in [1.165, 1.54) is 39.0 Å². The second-order valence-electron chi connectivity index (χ2n) is 7.26. The number of methoxy groups -OCH3 is 1. The lowest BCUT2D eigenvalue weighted by Crippen LogP contribution is -2.39. The van der Waals surface area contributed by atoms with Gasteiger partial charge in [-0.25, -0.2) is 14.8 Å². The Hall–Kier alpha value is -2.38. The summed E-state index contributed by atoms with van der Waals surface area (Å²) in [6.07, 6.45) is 8.49. The summed E-state index contributed by atoms with van der Waals surface area (Å²) in [5, 5.41) is 2.58. The third-order valence-electron chi connectivity index (χ3n) is 5.19. The molecule has 27 heavy (non-hydrogen) atoms. The molecule has 8 heteroatoms. The van der Waals surface area contributed by atoms with Crippen LogP contribution in [-0.4, -0.2) is 54.7 Å². The predicted octanol–water partition coefficient (Wildman–Crippen LogP) is 1.94. The Labute approximate surface area is 159 Å². The molecule has 3 rings (SSSR count). The van der Waals surface area contributed by atoms with E-state index < -0.39 is 17.9 Å². The lowest BCUT2D eigenvalue weighted by molar-refractivity contribution is -0.142. The smallest absolute Gasteiger partial charge is 0.328 e. The summed E-state index contributed by atoms with van der Waals surface area (Å²) in [6, 6.07) is -0.759. The number of aromatic nitrogens is 2. The SMILES string of the molecule is COC(=O)C(C)NC(=O)c1cnc(N2CCCC2)c(OCC2CCCC2)n1. The molecule has 1 aromatic rings. The number of ether oxygens (including phenoxy) is 2. The van der Waals surface area contributed by atoms with Gasteiger partial charge in [0.2, 0.25) is 0 Å². The molecule has 0 bridgehead atoms. The zero-order valence-corrected chi connectivity index (χ0v) is 16.1. The monoisotopic (exact) mass is 376 g/mol. The average molecular weight is 376 g/mol. The zero-order valence-electron chi connectivity index (χ0n) is 16.1. The fourth-order valence-electron chi connectivity index (χ4n) is 3.60. The van der Waals surface area contributed by atoms with Gasteiger partial charge in [-0.1, -0.05) is 12.8 Å². The molecular formula is C19H28N4O4. The number of nitrogens with zero attached hydrogens (tertiary/aromatic N) is 3. The average Bonchev–Trinajstić information content (AvgIpc) is 3.39. The number of anilines is 1. The molecule has 1 saturated heterocycles. The summed E-state index contributed by atoms with van der Waals surface area (Å²) in [5.41, 5.74) is 0.134. The Kier molecular flexibility index (Phi) is 6.47. The second kappa shape index (κ2) is 9.01. The van der Waals surface area contributed by atoms with E-state index in [4.69, 9.17) is 4.74 Å². The zero-order chi connectivity index (χ0) is 19.2. The molecule has 8 nitrogen and oxygen atoms in total. The summed E-state index contributed by atoms with van der Waals surface area (Å²) >= 11 is 0. The molecule has 0 radical (unpaired) electrons. The van der Waals surface area contributed by atoms with E-state index in [0.717, 1.165) is 25.9 Å². The van der Waals surface area contributed by atoms with Crippen molar-refractivity contribution in [1.82, 2.24) is 15.3 Å². The molecule has 1 aromatic heterocycles. The molecule has 2 heterocycles. The van der Waals surface area contributed by atoms with Gasteiger partial charge in [-0.15, -0.1) is 0 Å². The highest BCUT2D eigenvalue weighted by Gasteiger charge is 2.24. The maximum atomic E-state index is 12.4. The van der Waals surface area contributed by atoms with Crippen molar-refractivity contribution < 1.29 is 19.1 Å². The van der Waals surface area contributed by atoms with Crippen LogP contribution in [0.2, 0.25) is 0 Å². The van der Waals surface area contributed by atoms with Crippen LogP contribution < -0.4 is 15.0 Å². The Bertz CT molecular complexity index is 670. The molecule has 1 saturated carbocycles. The molecule has 0 spiro atoms. The molecule has 148 valence electrons. The normalized spacial score (nSPS) is 18.4. The Morgan fingerprint density at radius 1 is 1.26 bits per heavy atom. The van der Waals surface area contributed by atoms with Crippen molar-refractivity contribution in [3.05, 3.63) is 11.9 Å². The molecular weight excluding hydrogens is 348 g/mol. The summed E-state index contributed by atoms with van der Waals surface area (Å²) < 4.78 is 10.6. The molecule has 1 aliphatic heterocycles. The van der Waals surface area contributed by atoms with Gasteiger partial charge in [0.1, 0.15) is 6.04 Å². The van der Waals surface area contributed by atoms with E-state index in [9.17, 15) is 9.59 Å². The van der Waals surface area contributed by atoms with Crippen LogP contribution >= 0.6 is 0 Å². The van der Waals surface area contributed by atoms with Crippen LogP contribution in [0.5, 0.6) is 5.88 Å². The first-order valence-corrected chi connectivity index (χ1v) is 9.72. The van der Waals surface area contributed by atoms with Gasteiger partial charge in [0.05, 0.1) is 19.9 Å². The van der Waals surface area contributed by atoms with Crippen molar-refractivity contribution in [3.8, 4) is 5.88 Å². The topological polar surface area (TPSA) is 93.6 Å². The molecule has 1 unspecified atom stereocenters. The molecule has 1 atom stereocenters. The van der Waals surface area contributed by atoms with E-state index in [0.29, 0.717) is 24.2 Å². The Morgan fingerprint density at radius 3 is 2.63 bits per heavy atom. The second-order valence-corrected chi connectivity index (χ2v) is 7.26. The highest BCUT2D eigenvalue weighted by atomic mass is 16.5. The number of carbonyl (C=O) groups is 2. The van der Waals surface area contributed by atoms with E-state index in [1.54, 1.807) is 6.92 Å². The third-order valence-corrected chi connectivity index (χ3v) is 5.19.